The molecule has 0 aliphatic carbocycles. The van der Waals surface area contributed by atoms with E-state index in [-0.39, 0.29) is 17.9 Å². The van der Waals surface area contributed by atoms with Crippen molar-refractivity contribution in [3.05, 3.63) is 59.7 Å². The van der Waals surface area contributed by atoms with Crippen LogP contribution in [0.3, 0.4) is 0 Å². The van der Waals surface area contributed by atoms with E-state index >= 15 is 0 Å². The Labute approximate surface area is 134 Å². The van der Waals surface area contributed by atoms with Crippen molar-refractivity contribution in [3.8, 4) is 11.5 Å². The van der Waals surface area contributed by atoms with Crippen molar-refractivity contribution in [2.45, 2.75) is 25.7 Å². The molecule has 0 amide bonds. The Morgan fingerprint density at radius 3 is 2.35 bits per heavy atom. The third-order valence-corrected chi connectivity index (χ3v) is 3.17. The zero-order valence-electron chi connectivity index (χ0n) is 12.4. The molecule has 5 nitrogen and oxygen atoms in total. The summed E-state index contributed by atoms with van der Waals surface area (Å²) in [6.07, 6.45) is 2.23. The van der Waals surface area contributed by atoms with Gasteiger partial charge in [-0.1, -0.05) is 6.07 Å². The van der Waals surface area contributed by atoms with Crippen molar-refractivity contribution in [2.24, 2.45) is 0 Å². The molecule has 2 aromatic carbocycles. The van der Waals surface area contributed by atoms with Crippen LogP contribution in [0, 0.1) is 12.1 Å². The quantitative estimate of drug-likeness (QED) is 0.606. The number of aliphatic carboxylic acids is 1. The first-order chi connectivity index (χ1) is 11.0. The average molecular weight is 312 g/mol. The van der Waals surface area contributed by atoms with Crippen molar-refractivity contribution in [2.75, 3.05) is 0 Å². The molecule has 0 aromatic heterocycles. The maximum absolute atomic E-state index is 11.9. The maximum Gasteiger partial charge on any atom is 0.344 e. The molecule has 0 unspecified atom stereocenters. The Hall–Kier alpha value is -3.00. The molecule has 5 heteroatoms. The predicted octanol–water partition coefficient (Wildman–Crippen LogP) is 3.01. The lowest BCUT2D eigenvalue weighted by Gasteiger charge is -2.03. The van der Waals surface area contributed by atoms with E-state index in [1.807, 2.05) is 0 Å². The van der Waals surface area contributed by atoms with Gasteiger partial charge in [-0.05, 0) is 61.7 Å². The Morgan fingerprint density at radius 2 is 1.74 bits per heavy atom. The molecule has 0 aliphatic heterocycles. The van der Waals surface area contributed by atoms with E-state index in [9.17, 15) is 14.7 Å². The van der Waals surface area contributed by atoms with Gasteiger partial charge in [-0.2, -0.15) is 0 Å². The fourth-order valence-electron chi connectivity index (χ4n) is 1.95. The lowest BCUT2D eigenvalue weighted by molar-refractivity contribution is -0.137. The van der Waals surface area contributed by atoms with Gasteiger partial charge in [0, 0.05) is 12.0 Å². The summed E-state index contributed by atoms with van der Waals surface area (Å²) in [5, 5.41) is 17.7. The summed E-state index contributed by atoms with van der Waals surface area (Å²) in [6.45, 7) is 0. The molecule has 118 valence electrons. The number of unbranched alkanes of at least 4 members (excludes halogenated alkanes) is 1. The van der Waals surface area contributed by atoms with E-state index in [4.69, 9.17) is 9.84 Å². The fraction of sp³-hybridized carbons (Fsp3) is 0.222. The van der Waals surface area contributed by atoms with Crippen molar-refractivity contribution >= 4 is 11.9 Å². The summed E-state index contributed by atoms with van der Waals surface area (Å²) in [5.74, 6) is -0.994. The third-order valence-electron chi connectivity index (χ3n) is 3.17. The lowest BCUT2D eigenvalue weighted by Crippen LogP contribution is -2.07. The van der Waals surface area contributed by atoms with Crippen LogP contribution in [0.15, 0.2) is 36.4 Å². The van der Waals surface area contributed by atoms with Crippen LogP contribution in [-0.2, 0) is 11.2 Å². The van der Waals surface area contributed by atoms with Crippen LogP contribution in [0.25, 0.3) is 0 Å². The van der Waals surface area contributed by atoms with Gasteiger partial charge >= 0.3 is 11.9 Å². The van der Waals surface area contributed by atoms with Crippen LogP contribution < -0.4 is 4.74 Å². The van der Waals surface area contributed by atoms with Gasteiger partial charge in [-0.15, -0.1) is 0 Å². The number of carboxylic acid groups (broad SMARTS) is 1. The molecule has 0 spiro atoms. The van der Waals surface area contributed by atoms with Crippen LogP contribution in [0.1, 0.15) is 35.2 Å². The monoisotopic (exact) mass is 312 g/mol. The largest absolute Gasteiger partial charge is 0.508 e. The first kappa shape index (κ1) is 16.4. The van der Waals surface area contributed by atoms with Gasteiger partial charge in [0.05, 0.1) is 5.56 Å². The van der Waals surface area contributed by atoms with Crippen molar-refractivity contribution in [3.63, 3.8) is 0 Å². The zero-order valence-corrected chi connectivity index (χ0v) is 12.4. The fourth-order valence-corrected chi connectivity index (χ4v) is 1.95. The van der Waals surface area contributed by atoms with Gasteiger partial charge in [0.1, 0.15) is 5.75 Å². The van der Waals surface area contributed by atoms with Gasteiger partial charge in [0.15, 0.2) is 5.75 Å². The number of phenolic OH excluding ortho intramolecular Hbond substituents is 1. The molecule has 2 N–H and O–H groups in total. The van der Waals surface area contributed by atoms with Gasteiger partial charge < -0.3 is 14.9 Å². The Kier molecular flexibility index (Phi) is 5.59. The number of phenols is 1. The van der Waals surface area contributed by atoms with Crippen LogP contribution in [-0.4, -0.2) is 22.2 Å². The van der Waals surface area contributed by atoms with E-state index in [0.29, 0.717) is 18.4 Å². The summed E-state index contributed by atoms with van der Waals surface area (Å²) in [4.78, 5) is 22.3. The zero-order chi connectivity index (χ0) is 16.7. The van der Waals surface area contributed by atoms with E-state index in [0.717, 1.165) is 12.0 Å². The maximum atomic E-state index is 11.9. The second-order valence-electron chi connectivity index (χ2n) is 5.01. The SMILES string of the molecule is O=C(O)CCCCc1c#cc(OC(=O)c2ccc(O)cc2)cc1. The van der Waals surface area contributed by atoms with Gasteiger partial charge in [0.2, 0.25) is 0 Å². The molecule has 0 heterocycles. The topological polar surface area (TPSA) is 83.8 Å². The smallest absolute Gasteiger partial charge is 0.344 e. The molecule has 0 aliphatic rings. The second kappa shape index (κ2) is 7.85. The number of rotatable bonds is 7. The van der Waals surface area contributed by atoms with Crippen LogP contribution in [0.2, 0.25) is 0 Å². The van der Waals surface area contributed by atoms with Crippen molar-refractivity contribution in [1.82, 2.24) is 0 Å². The van der Waals surface area contributed by atoms with E-state index < -0.39 is 11.9 Å². The number of hydrogen-bond donors (Lipinski definition) is 2. The Balaban J connectivity index is 1.85. The number of ether oxygens (including phenoxy) is 1. The highest BCUT2D eigenvalue weighted by atomic mass is 16.5. The molecule has 0 bridgehead atoms. The van der Waals surface area contributed by atoms with Gasteiger partial charge in [-0.25, -0.2) is 4.79 Å². The van der Waals surface area contributed by atoms with Crippen LogP contribution in [0.4, 0.5) is 0 Å². The van der Waals surface area contributed by atoms with Crippen molar-refractivity contribution < 1.29 is 24.5 Å². The number of carboxylic acids is 1. The summed E-state index contributed by atoms with van der Waals surface area (Å²) in [6, 6.07) is 14.8. The lowest BCUT2D eigenvalue weighted by atomic mass is 10.1. The minimum absolute atomic E-state index is 0.0775. The number of aromatic hydroxyl groups is 1. The normalized spacial score (nSPS) is 9.91. The van der Waals surface area contributed by atoms with E-state index in [1.165, 1.54) is 24.3 Å². The molecule has 2 rings (SSSR count). The Morgan fingerprint density at radius 1 is 1.00 bits per heavy atom. The third kappa shape index (κ3) is 5.36. The summed E-state index contributed by atoms with van der Waals surface area (Å²) in [7, 11) is 0. The highest BCUT2D eigenvalue weighted by Gasteiger charge is 2.08. The molecule has 2 aromatic rings. The number of carbonyl (C=O) groups excluding carboxylic acids is 1. The standard InChI is InChI=1S/C18H16O5/c19-15-9-7-14(8-10-15)18(22)23-16-11-5-13(6-12-16)3-1-2-4-17(20)21/h5,7-11,19H,1-4H2,(H,20,21). The highest BCUT2D eigenvalue weighted by Crippen LogP contribution is 2.14. The number of aryl methyl sites for hydroxylation is 1. The first-order valence-corrected chi connectivity index (χ1v) is 7.20. The summed E-state index contributed by atoms with van der Waals surface area (Å²) in [5.41, 5.74) is 1.22. The number of hydrogen-bond acceptors (Lipinski definition) is 4. The molecule has 23 heavy (non-hydrogen) atoms. The average Bonchev–Trinajstić information content (AvgIpc) is 2.53. The number of esters is 1. The molecule has 0 radical (unpaired) electrons. The first-order valence-electron chi connectivity index (χ1n) is 7.20. The van der Waals surface area contributed by atoms with Crippen LogP contribution >= 0.6 is 0 Å². The molecule has 0 fully saturated rings. The number of benzene rings is 1. The van der Waals surface area contributed by atoms with E-state index in [1.54, 1.807) is 12.1 Å². The minimum Gasteiger partial charge on any atom is -0.508 e. The van der Waals surface area contributed by atoms with Gasteiger partial charge in [-0.3, -0.25) is 4.79 Å². The van der Waals surface area contributed by atoms with Gasteiger partial charge in [0.25, 0.3) is 0 Å². The summed E-state index contributed by atoms with van der Waals surface area (Å²) < 4.78 is 5.17. The van der Waals surface area contributed by atoms with E-state index in [2.05, 4.69) is 12.1 Å². The molecule has 0 saturated heterocycles. The van der Waals surface area contributed by atoms with Crippen LogP contribution in [0.5, 0.6) is 11.5 Å². The predicted molar refractivity (Wildman–Crippen MR) is 82.4 cm³/mol. The summed E-state index contributed by atoms with van der Waals surface area (Å²) >= 11 is 0. The Bertz CT molecular complexity index is 659. The second-order valence-corrected chi connectivity index (χ2v) is 5.01. The number of carbonyl (C=O) groups is 2. The highest BCUT2D eigenvalue weighted by molar-refractivity contribution is 5.91. The molecular weight excluding hydrogens is 296 g/mol. The molecule has 0 atom stereocenters. The minimum atomic E-state index is -0.794. The molecule has 0 saturated carbocycles. The molecular formula is C18H16O5. The van der Waals surface area contributed by atoms with Crippen molar-refractivity contribution in [1.29, 1.82) is 0 Å².